The van der Waals surface area contributed by atoms with Crippen LogP contribution in [0.25, 0.3) is 0 Å². The lowest BCUT2D eigenvalue weighted by Crippen LogP contribution is -2.47. The summed E-state index contributed by atoms with van der Waals surface area (Å²) in [5, 5.41) is 8.31. The zero-order chi connectivity index (χ0) is 24.9. The van der Waals surface area contributed by atoms with Gasteiger partial charge in [0.05, 0.1) is 4.90 Å². The zero-order valence-electron chi connectivity index (χ0n) is 20.2. The van der Waals surface area contributed by atoms with Gasteiger partial charge in [-0.25, -0.2) is 13.2 Å². The highest BCUT2D eigenvalue weighted by atomic mass is 32.2. The van der Waals surface area contributed by atoms with Crippen molar-refractivity contribution < 1.29 is 18.0 Å². The van der Waals surface area contributed by atoms with Gasteiger partial charge in [-0.2, -0.15) is 4.31 Å². The summed E-state index contributed by atoms with van der Waals surface area (Å²) in [5.74, 6) is -0.300. The van der Waals surface area contributed by atoms with Crippen LogP contribution in [-0.2, 0) is 16.6 Å². The third-order valence-electron chi connectivity index (χ3n) is 5.89. The molecule has 2 atom stereocenters. The molecule has 9 heteroatoms. The second-order valence-corrected chi connectivity index (χ2v) is 11.0. The number of rotatable bonds is 7. The number of urea groups is 1. The lowest BCUT2D eigenvalue weighted by atomic mass is 10.0. The molecule has 3 N–H and O–H groups in total. The van der Waals surface area contributed by atoms with Gasteiger partial charge in [-0.15, -0.1) is 0 Å². The molecule has 0 bridgehead atoms. The van der Waals surface area contributed by atoms with E-state index in [1.54, 1.807) is 40.7 Å². The van der Waals surface area contributed by atoms with Gasteiger partial charge in [0.25, 0.3) is 5.91 Å². The molecular formula is C25H34N4O4S. The Bertz CT molecular complexity index is 1090. The molecule has 0 radical (unpaired) electrons. The molecule has 184 valence electrons. The Labute approximate surface area is 202 Å². The first kappa shape index (κ1) is 25.7. The third-order valence-corrected chi connectivity index (χ3v) is 8.03. The van der Waals surface area contributed by atoms with Gasteiger partial charge in [0.2, 0.25) is 10.0 Å². The van der Waals surface area contributed by atoms with E-state index in [9.17, 15) is 18.0 Å². The van der Waals surface area contributed by atoms with Gasteiger partial charge in [-0.3, -0.25) is 4.79 Å². The van der Waals surface area contributed by atoms with E-state index in [0.29, 0.717) is 17.8 Å². The summed E-state index contributed by atoms with van der Waals surface area (Å²) >= 11 is 0. The molecule has 1 aliphatic rings. The molecule has 1 aliphatic heterocycles. The summed E-state index contributed by atoms with van der Waals surface area (Å²) in [5.41, 5.74) is 1.84. The highest BCUT2D eigenvalue weighted by molar-refractivity contribution is 7.89. The molecule has 2 aromatic carbocycles. The van der Waals surface area contributed by atoms with Crippen LogP contribution in [0, 0.1) is 0 Å². The fourth-order valence-electron chi connectivity index (χ4n) is 4.18. The normalized spacial score (nSPS) is 19.0. The molecule has 34 heavy (non-hydrogen) atoms. The van der Waals surface area contributed by atoms with Crippen molar-refractivity contribution in [3.8, 4) is 0 Å². The molecule has 1 heterocycles. The molecule has 1 saturated heterocycles. The van der Waals surface area contributed by atoms with Gasteiger partial charge in [-0.1, -0.05) is 18.6 Å². The van der Waals surface area contributed by atoms with Crippen LogP contribution in [0.1, 0.15) is 62.9 Å². The second-order valence-electron chi connectivity index (χ2n) is 9.12. The molecule has 0 aliphatic carbocycles. The number of sulfonamides is 1. The van der Waals surface area contributed by atoms with Crippen LogP contribution in [0.2, 0.25) is 0 Å². The average Bonchev–Trinajstić information content (AvgIpc) is 2.77. The minimum atomic E-state index is -3.59. The number of hydrogen-bond donors (Lipinski definition) is 3. The smallest absolute Gasteiger partial charge is 0.315 e. The van der Waals surface area contributed by atoms with Crippen molar-refractivity contribution in [1.29, 1.82) is 0 Å². The second kappa shape index (κ2) is 11.0. The van der Waals surface area contributed by atoms with E-state index >= 15 is 0 Å². The highest BCUT2D eigenvalue weighted by Crippen LogP contribution is 2.30. The Morgan fingerprint density at radius 2 is 1.56 bits per heavy atom. The first-order valence-corrected chi connectivity index (χ1v) is 13.1. The number of carbonyl (C=O) groups is 2. The number of carbonyl (C=O) groups excluding carboxylic acids is 2. The van der Waals surface area contributed by atoms with Crippen LogP contribution in [0.3, 0.4) is 0 Å². The largest absolute Gasteiger partial charge is 0.336 e. The molecule has 0 aromatic heterocycles. The van der Waals surface area contributed by atoms with Crippen molar-refractivity contribution in [2.45, 2.75) is 76.5 Å². The predicted octanol–water partition coefficient (Wildman–Crippen LogP) is 4.10. The maximum absolute atomic E-state index is 13.2. The number of anilines is 1. The van der Waals surface area contributed by atoms with Crippen molar-refractivity contribution in [2.24, 2.45) is 0 Å². The lowest BCUT2D eigenvalue weighted by molar-refractivity contribution is 0.102. The van der Waals surface area contributed by atoms with Crippen molar-refractivity contribution in [3.05, 3.63) is 59.7 Å². The Morgan fingerprint density at radius 1 is 0.971 bits per heavy atom. The summed E-state index contributed by atoms with van der Waals surface area (Å²) in [4.78, 5) is 24.5. The molecule has 1 fully saturated rings. The zero-order valence-corrected chi connectivity index (χ0v) is 21.0. The summed E-state index contributed by atoms with van der Waals surface area (Å²) in [6, 6.07) is 13.0. The van der Waals surface area contributed by atoms with Crippen molar-refractivity contribution in [3.63, 3.8) is 0 Å². The van der Waals surface area contributed by atoms with E-state index in [4.69, 9.17) is 0 Å². The minimum Gasteiger partial charge on any atom is -0.336 e. The van der Waals surface area contributed by atoms with E-state index in [1.165, 1.54) is 12.1 Å². The molecule has 2 aromatic rings. The van der Waals surface area contributed by atoms with Gasteiger partial charge in [-0.05, 0) is 82.5 Å². The van der Waals surface area contributed by atoms with E-state index in [-0.39, 0.29) is 35.0 Å². The predicted molar refractivity (Wildman–Crippen MR) is 133 cm³/mol. The van der Waals surface area contributed by atoms with E-state index < -0.39 is 10.0 Å². The van der Waals surface area contributed by atoms with Crippen LogP contribution >= 0.6 is 0 Å². The highest BCUT2D eigenvalue weighted by Gasteiger charge is 2.35. The topological polar surface area (TPSA) is 108 Å². The van der Waals surface area contributed by atoms with E-state index in [1.807, 2.05) is 27.7 Å². The Kier molecular flexibility index (Phi) is 8.33. The maximum Gasteiger partial charge on any atom is 0.315 e. The molecular weight excluding hydrogens is 452 g/mol. The Morgan fingerprint density at radius 3 is 2.12 bits per heavy atom. The lowest BCUT2D eigenvalue weighted by Gasteiger charge is -2.37. The molecule has 0 spiro atoms. The Balaban J connectivity index is 1.61. The summed E-state index contributed by atoms with van der Waals surface area (Å²) in [6.45, 7) is 8.02. The summed E-state index contributed by atoms with van der Waals surface area (Å²) in [7, 11) is -3.59. The van der Waals surface area contributed by atoms with Gasteiger partial charge < -0.3 is 16.0 Å². The van der Waals surface area contributed by atoms with Crippen LogP contribution in [-0.4, -0.2) is 42.8 Å². The fraction of sp³-hybridized carbons (Fsp3) is 0.440. The summed E-state index contributed by atoms with van der Waals surface area (Å²) < 4.78 is 27.9. The number of amides is 3. The minimum absolute atomic E-state index is 0.0316. The van der Waals surface area contributed by atoms with Gasteiger partial charge >= 0.3 is 6.03 Å². The number of nitrogens with one attached hydrogen (secondary N) is 3. The van der Waals surface area contributed by atoms with Crippen LogP contribution in [0.4, 0.5) is 10.5 Å². The van der Waals surface area contributed by atoms with Gasteiger partial charge in [0, 0.05) is 35.9 Å². The Hall–Kier alpha value is -2.91. The number of nitrogens with zero attached hydrogens (tertiary/aromatic N) is 1. The average molecular weight is 487 g/mol. The van der Waals surface area contributed by atoms with Gasteiger partial charge in [0.1, 0.15) is 0 Å². The van der Waals surface area contributed by atoms with E-state index in [0.717, 1.165) is 24.8 Å². The number of hydrogen-bond acceptors (Lipinski definition) is 4. The maximum atomic E-state index is 13.2. The van der Waals surface area contributed by atoms with E-state index in [2.05, 4.69) is 16.0 Å². The van der Waals surface area contributed by atoms with Crippen LogP contribution in [0.5, 0.6) is 0 Å². The molecule has 3 amide bonds. The van der Waals surface area contributed by atoms with Crippen molar-refractivity contribution >= 4 is 27.6 Å². The molecule has 0 saturated carbocycles. The van der Waals surface area contributed by atoms with Crippen molar-refractivity contribution in [1.82, 2.24) is 14.9 Å². The van der Waals surface area contributed by atoms with Crippen LogP contribution < -0.4 is 16.0 Å². The monoisotopic (exact) mass is 486 g/mol. The number of piperidine rings is 1. The van der Waals surface area contributed by atoms with Gasteiger partial charge in [0.15, 0.2) is 0 Å². The molecule has 0 unspecified atom stereocenters. The van der Waals surface area contributed by atoms with Crippen LogP contribution in [0.15, 0.2) is 53.4 Å². The SMILES string of the molecule is CC(C)NC(=O)NCc1ccc(C(=O)Nc2ccc(S(=O)(=O)N3[C@H](C)CCC[C@H]3C)cc2)cc1. The quantitative estimate of drug-likeness (QED) is 0.548. The fourth-order valence-corrected chi connectivity index (χ4v) is 6.06. The standard InChI is InChI=1S/C25H34N4O4S/c1-17(2)27-25(31)26-16-20-8-10-21(11-9-20)24(30)28-22-12-14-23(15-13-22)34(32,33)29-18(3)6-5-7-19(29)4/h8-15,17-19H,5-7,16H2,1-4H3,(H,28,30)(H2,26,27,31)/t18-,19-/m1/s1. The third kappa shape index (κ3) is 6.36. The first-order chi connectivity index (χ1) is 16.1. The molecule has 8 nitrogen and oxygen atoms in total. The van der Waals surface area contributed by atoms with Crippen molar-refractivity contribution in [2.75, 3.05) is 5.32 Å². The number of benzene rings is 2. The molecule has 3 rings (SSSR count). The summed E-state index contributed by atoms with van der Waals surface area (Å²) in [6.07, 6.45) is 2.75. The first-order valence-electron chi connectivity index (χ1n) is 11.7.